The molecule has 1 aliphatic carbocycles. The van der Waals surface area contributed by atoms with Gasteiger partial charge < -0.3 is 10.4 Å². The van der Waals surface area contributed by atoms with Gasteiger partial charge in [-0.3, -0.25) is 13.7 Å². The van der Waals surface area contributed by atoms with Crippen LogP contribution in [0.3, 0.4) is 0 Å². The maximum atomic E-state index is 13.0. The minimum absolute atomic E-state index is 0.215. The summed E-state index contributed by atoms with van der Waals surface area (Å²) in [5.41, 5.74) is 0.507. The first-order chi connectivity index (χ1) is 14.8. The molecule has 0 aliphatic heterocycles. The molecule has 3 rings (SSSR count). The standard InChI is InChI=1S/C19H24N6O5S/c1-2-3-4-6-25-7-5-16(24-25)18(27)15-10-21-12-22-19(15)23-14-8-13(17(26)9-14)11-30-31(20,28)29/h5,7,10,12-14,17,26H,4,6,8-9,11H2,1H3,(H2,20,28,29)(H,21,22,23)/t13-,14-,17+/m1/s1. The molecule has 0 amide bonds. The molecule has 2 aromatic rings. The van der Waals surface area contributed by atoms with E-state index in [1.54, 1.807) is 23.9 Å². The third kappa shape index (κ3) is 6.31. The van der Waals surface area contributed by atoms with Crippen molar-refractivity contribution in [2.75, 3.05) is 11.9 Å². The highest BCUT2D eigenvalue weighted by Crippen LogP contribution is 2.29. The molecule has 2 aromatic heterocycles. The summed E-state index contributed by atoms with van der Waals surface area (Å²) in [6.07, 6.45) is 5.05. The van der Waals surface area contributed by atoms with Gasteiger partial charge in [0.1, 0.15) is 17.8 Å². The number of aliphatic hydroxyl groups is 1. The number of nitrogens with two attached hydrogens (primary N) is 1. The molecule has 1 fully saturated rings. The number of aromatic nitrogens is 4. The number of carbonyl (C=O) groups excluding carboxylic acids is 1. The van der Waals surface area contributed by atoms with E-state index in [0.717, 1.165) is 0 Å². The average molecular weight is 449 g/mol. The van der Waals surface area contributed by atoms with Crippen molar-refractivity contribution in [2.45, 2.75) is 44.9 Å². The summed E-state index contributed by atoms with van der Waals surface area (Å²) >= 11 is 0. The van der Waals surface area contributed by atoms with E-state index in [0.29, 0.717) is 31.6 Å². The van der Waals surface area contributed by atoms with Gasteiger partial charge in [-0.25, -0.2) is 15.1 Å². The van der Waals surface area contributed by atoms with Gasteiger partial charge in [-0.15, -0.1) is 11.8 Å². The lowest BCUT2D eigenvalue weighted by molar-refractivity contribution is 0.101. The van der Waals surface area contributed by atoms with Crippen LogP contribution >= 0.6 is 0 Å². The van der Waals surface area contributed by atoms with Crippen LogP contribution in [-0.4, -0.2) is 57.8 Å². The average Bonchev–Trinajstić information content (AvgIpc) is 3.32. The van der Waals surface area contributed by atoms with Crippen molar-refractivity contribution in [3.63, 3.8) is 0 Å². The number of rotatable bonds is 9. The molecule has 12 heteroatoms. The van der Waals surface area contributed by atoms with E-state index >= 15 is 0 Å². The van der Waals surface area contributed by atoms with Gasteiger partial charge in [-0.1, -0.05) is 0 Å². The Bertz CT molecular complexity index is 1090. The van der Waals surface area contributed by atoms with Crippen molar-refractivity contribution in [1.82, 2.24) is 19.7 Å². The fraction of sp³-hybridized carbons (Fsp3) is 0.474. The Morgan fingerprint density at radius 1 is 1.45 bits per heavy atom. The van der Waals surface area contributed by atoms with Crippen LogP contribution in [0.1, 0.15) is 42.2 Å². The summed E-state index contributed by atoms with van der Waals surface area (Å²) in [7, 11) is -4.08. The lowest BCUT2D eigenvalue weighted by atomic mass is 10.1. The van der Waals surface area contributed by atoms with Crippen LogP contribution in [0.4, 0.5) is 5.82 Å². The molecule has 0 aromatic carbocycles. The number of nitrogens with one attached hydrogen (secondary N) is 1. The van der Waals surface area contributed by atoms with Crippen LogP contribution in [-0.2, 0) is 21.0 Å². The first-order valence-electron chi connectivity index (χ1n) is 9.66. The van der Waals surface area contributed by atoms with Crippen molar-refractivity contribution in [2.24, 2.45) is 11.1 Å². The van der Waals surface area contributed by atoms with E-state index in [4.69, 9.17) is 5.14 Å². The maximum absolute atomic E-state index is 13.0. The number of hydrogen-bond donors (Lipinski definition) is 3. The van der Waals surface area contributed by atoms with Gasteiger partial charge in [0.15, 0.2) is 0 Å². The van der Waals surface area contributed by atoms with Crippen molar-refractivity contribution >= 4 is 21.9 Å². The van der Waals surface area contributed by atoms with Gasteiger partial charge in [0.2, 0.25) is 5.78 Å². The lowest BCUT2D eigenvalue weighted by Crippen LogP contribution is -2.24. The smallest absolute Gasteiger partial charge is 0.333 e. The predicted molar refractivity (Wildman–Crippen MR) is 111 cm³/mol. The van der Waals surface area contributed by atoms with Crippen LogP contribution in [0.15, 0.2) is 24.8 Å². The van der Waals surface area contributed by atoms with Crippen molar-refractivity contribution < 1.29 is 22.5 Å². The predicted octanol–water partition coefficient (Wildman–Crippen LogP) is 0.0890. The van der Waals surface area contributed by atoms with Gasteiger partial charge >= 0.3 is 10.3 Å². The van der Waals surface area contributed by atoms with Crippen LogP contribution in [0, 0.1) is 17.8 Å². The molecular weight excluding hydrogens is 424 g/mol. The Kier molecular flexibility index (Phi) is 7.34. The quantitative estimate of drug-likeness (QED) is 0.356. The summed E-state index contributed by atoms with van der Waals surface area (Å²) in [4.78, 5) is 21.1. The summed E-state index contributed by atoms with van der Waals surface area (Å²) in [5, 5.41) is 22.5. The molecule has 2 heterocycles. The first kappa shape index (κ1) is 22.8. The normalized spacial score (nSPS) is 20.8. The Balaban J connectivity index is 1.68. The highest BCUT2D eigenvalue weighted by molar-refractivity contribution is 7.84. The van der Waals surface area contributed by atoms with E-state index in [-0.39, 0.29) is 29.7 Å². The van der Waals surface area contributed by atoms with Crippen LogP contribution in [0.25, 0.3) is 0 Å². The largest absolute Gasteiger partial charge is 0.393 e. The number of hydrogen-bond acceptors (Lipinski definition) is 9. The van der Waals surface area contributed by atoms with Gasteiger partial charge in [0.05, 0.1) is 24.8 Å². The molecule has 0 saturated heterocycles. The molecule has 0 unspecified atom stereocenters. The summed E-state index contributed by atoms with van der Waals surface area (Å²) < 4.78 is 28.2. The number of aliphatic hydroxyl groups excluding tert-OH is 1. The third-order valence-corrected chi connectivity index (χ3v) is 5.38. The monoisotopic (exact) mass is 448 g/mol. The Morgan fingerprint density at radius 3 is 3.00 bits per heavy atom. The molecule has 11 nitrogen and oxygen atoms in total. The van der Waals surface area contributed by atoms with Crippen molar-refractivity contribution in [3.05, 3.63) is 36.0 Å². The van der Waals surface area contributed by atoms with E-state index in [2.05, 4.69) is 36.4 Å². The summed E-state index contributed by atoms with van der Waals surface area (Å²) in [5.74, 6) is 5.32. The second-order valence-electron chi connectivity index (χ2n) is 7.17. The third-order valence-electron chi connectivity index (χ3n) is 4.92. The zero-order valence-corrected chi connectivity index (χ0v) is 17.7. The molecule has 0 spiro atoms. The lowest BCUT2D eigenvalue weighted by Gasteiger charge is -2.15. The number of aryl methyl sites for hydroxylation is 1. The molecule has 1 saturated carbocycles. The van der Waals surface area contributed by atoms with Gasteiger partial charge in [-0.05, 0) is 25.8 Å². The second-order valence-corrected chi connectivity index (χ2v) is 8.39. The zero-order chi connectivity index (χ0) is 22.4. The first-order valence-corrected chi connectivity index (χ1v) is 11.1. The van der Waals surface area contributed by atoms with E-state index in [1.807, 2.05) is 0 Å². The minimum atomic E-state index is -4.08. The van der Waals surface area contributed by atoms with Crippen molar-refractivity contribution in [3.8, 4) is 11.8 Å². The minimum Gasteiger partial charge on any atom is -0.393 e. The summed E-state index contributed by atoms with van der Waals surface area (Å²) in [6.45, 7) is 2.13. The highest BCUT2D eigenvalue weighted by atomic mass is 32.2. The highest BCUT2D eigenvalue weighted by Gasteiger charge is 2.34. The van der Waals surface area contributed by atoms with Crippen molar-refractivity contribution in [1.29, 1.82) is 0 Å². The molecule has 166 valence electrons. The van der Waals surface area contributed by atoms with Gasteiger partial charge in [0, 0.05) is 30.8 Å². The van der Waals surface area contributed by atoms with Gasteiger partial charge in [0.25, 0.3) is 0 Å². The molecular formula is C19H24N6O5S. The second kappa shape index (κ2) is 9.97. The Labute approximate surface area is 180 Å². The fourth-order valence-corrected chi connectivity index (χ4v) is 3.79. The molecule has 1 aliphatic rings. The molecule has 4 N–H and O–H groups in total. The van der Waals surface area contributed by atoms with E-state index in [1.165, 1.54) is 12.5 Å². The number of anilines is 1. The van der Waals surface area contributed by atoms with E-state index < -0.39 is 22.3 Å². The fourth-order valence-electron chi connectivity index (χ4n) is 3.43. The number of ketones is 1. The molecule has 31 heavy (non-hydrogen) atoms. The SMILES string of the molecule is CC#CCCn1ccc(C(=O)c2cncnc2N[C@@H]2C[C@H](COS(N)(=O)=O)[C@@H](O)C2)n1. The Morgan fingerprint density at radius 2 is 2.26 bits per heavy atom. The number of carbonyl (C=O) groups is 1. The van der Waals surface area contributed by atoms with Gasteiger partial charge in [-0.2, -0.15) is 13.5 Å². The topological polar surface area (TPSA) is 162 Å². The Hall–Kier alpha value is -2.85. The van der Waals surface area contributed by atoms with E-state index in [9.17, 15) is 18.3 Å². The zero-order valence-electron chi connectivity index (χ0n) is 16.9. The maximum Gasteiger partial charge on any atom is 0.333 e. The molecule has 0 bridgehead atoms. The number of nitrogens with zero attached hydrogens (tertiary/aromatic N) is 4. The van der Waals surface area contributed by atoms with Crippen LogP contribution in [0.2, 0.25) is 0 Å². The van der Waals surface area contributed by atoms with Crippen LogP contribution < -0.4 is 10.5 Å². The van der Waals surface area contributed by atoms with Crippen LogP contribution in [0.5, 0.6) is 0 Å². The molecule has 3 atom stereocenters. The molecule has 0 radical (unpaired) electrons. The summed E-state index contributed by atoms with van der Waals surface area (Å²) in [6, 6.07) is 1.38.